The predicted octanol–water partition coefficient (Wildman–Crippen LogP) is 0.633. The molecule has 3 N–H and O–H groups in total. The summed E-state index contributed by atoms with van der Waals surface area (Å²) in [6, 6.07) is 0. The van der Waals surface area contributed by atoms with Crippen LogP contribution in [0.4, 0.5) is 4.79 Å². The molecule has 0 aromatic rings. The molecule has 0 heterocycles. The number of hydrogen-bond donors (Lipinski definition) is 2. The van der Waals surface area contributed by atoms with Crippen LogP contribution in [0.5, 0.6) is 0 Å². The van der Waals surface area contributed by atoms with E-state index in [4.69, 9.17) is 15.6 Å². The van der Waals surface area contributed by atoms with Crippen LogP contribution in [0.1, 0.15) is 25.7 Å². The molecule has 0 atom stereocenters. The summed E-state index contributed by atoms with van der Waals surface area (Å²) in [5.41, 5.74) is 4.88. The predicted molar refractivity (Wildman–Crippen MR) is 43.5 cm³/mol. The van der Waals surface area contributed by atoms with Crippen molar-refractivity contribution in [3.8, 4) is 0 Å². The molecule has 0 aromatic heterocycles. The molecule has 1 rings (SSSR count). The van der Waals surface area contributed by atoms with E-state index in [1.54, 1.807) is 0 Å². The molecule has 1 amide bonds. The molecule has 0 spiro atoms. The lowest BCUT2D eigenvalue weighted by Crippen LogP contribution is -2.28. The van der Waals surface area contributed by atoms with Crippen molar-refractivity contribution in [3.05, 3.63) is 0 Å². The summed E-state index contributed by atoms with van der Waals surface area (Å²) >= 11 is 0. The summed E-state index contributed by atoms with van der Waals surface area (Å²) < 4.78 is 4.84. The minimum atomic E-state index is -0.692. The van der Waals surface area contributed by atoms with Crippen LogP contribution in [-0.4, -0.2) is 23.9 Å². The Kier molecular flexibility index (Phi) is 3.34. The van der Waals surface area contributed by atoms with E-state index in [1.807, 2.05) is 0 Å². The van der Waals surface area contributed by atoms with Gasteiger partial charge in [-0.15, -0.1) is 0 Å². The molecule has 0 radical (unpaired) electrons. The van der Waals surface area contributed by atoms with E-state index in [2.05, 4.69) is 0 Å². The Morgan fingerprint density at radius 2 is 2.00 bits per heavy atom. The van der Waals surface area contributed by atoms with Crippen molar-refractivity contribution in [2.45, 2.75) is 31.8 Å². The fourth-order valence-electron chi connectivity index (χ4n) is 1.60. The molecule has 1 saturated carbocycles. The van der Waals surface area contributed by atoms with E-state index < -0.39 is 6.09 Å². The van der Waals surface area contributed by atoms with Crippen LogP contribution in [0.2, 0.25) is 0 Å². The van der Waals surface area contributed by atoms with Crippen molar-refractivity contribution < 1.29 is 14.6 Å². The molecular weight excluding hydrogens is 158 g/mol. The minimum Gasteiger partial charge on any atom is -0.446 e. The molecule has 1 aliphatic carbocycles. The Hall–Kier alpha value is -0.770. The average Bonchev–Trinajstić information content (AvgIpc) is 2.05. The first-order valence-electron chi connectivity index (χ1n) is 4.29. The first-order chi connectivity index (χ1) is 5.72. The SMILES string of the molecule is NC(=O)O[C@H]1CC[C@H](CO)CC1. The molecule has 0 aromatic carbocycles. The van der Waals surface area contributed by atoms with E-state index in [1.165, 1.54) is 0 Å². The number of carbonyl (C=O) groups is 1. The maximum absolute atomic E-state index is 10.4. The van der Waals surface area contributed by atoms with Crippen molar-refractivity contribution >= 4 is 6.09 Å². The number of nitrogens with two attached hydrogens (primary N) is 1. The number of amides is 1. The number of rotatable bonds is 2. The van der Waals surface area contributed by atoms with Gasteiger partial charge in [0.15, 0.2) is 0 Å². The highest BCUT2D eigenvalue weighted by Crippen LogP contribution is 2.25. The maximum Gasteiger partial charge on any atom is 0.404 e. The summed E-state index contributed by atoms with van der Waals surface area (Å²) in [4.78, 5) is 10.4. The molecule has 1 fully saturated rings. The normalized spacial score (nSPS) is 29.8. The van der Waals surface area contributed by atoms with Gasteiger partial charge in [-0.1, -0.05) is 0 Å². The summed E-state index contributed by atoms with van der Waals surface area (Å²) in [7, 11) is 0. The van der Waals surface area contributed by atoms with Gasteiger partial charge in [-0.25, -0.2) is 4.79 Å². The van der Waals surface area contributed by atoms with Crippen molar-refractivity contribution in [2.75, 3.05) is 6.61 Å². The summed E-state index contributed by atoms with van der Waals surface area (Å²) in [5, 5.41) is 8.83. The van der Waals surface area contributed by atoms with Gasteiger partial charge in [0, 0.05) is 6.61 Å². The Labute approximate surface area is 71.7 Å². The Balaban J connectivity index is 2.21. The van der Waals surface area contributed by atoms with Crippen LogP contribution in [0, 0.1) is 5.92 Å². The number of aliphatic hydroxyl groups is 1. The zero-order valence-electron chi connectivity index (χ0n) is 7.03. The third-order valence-corrected chi connectivity index (χ3v) is 2.33. The van der Waals surface area contributed by atoms with Gasteiger partial charge in [0.25, 0.3) is 0 Å². The minimum absolute atomic E-state index is 0.0229. The number of aliphatic hydroxyl groups excluding tert-OH is 1. The molecular formula is C8H15NO3. The highest BCUT2D eigenvalue weighted by atomic mass is 16.6. The van der Waals surface area contributed by atoms with Crippen LogP contribution in [-0.2, 0) is 4.74 Å². The third kappa shape index (κ3) is 2.70. The monoisotopic (exact) mass is 173 g/mol. The first kappa shape index (κ1) is 9.32. The molecule has 12 heavy (non-hydrogen) atoms. The van der Waals surface area contributed by atoms with Gasteiger partial charge in [0.2, 0.25) is 0 Å². The molecule has 4 nitrogen and oxygen atoms in total. The fraction of sp³-hybridized carbons (Fsp3) is 0.875. The lowest BCUT2D eigenvalue weighted by molar-refractivity contribution is 0.0603. The maximum atomic E-state index is 10.4. The van der Waals surface area contributed by atoms with E-state index >= 15 is 0 Å². The lowest BCUT2D eigenvalue weighted by atomic mass is 9.88. The van der Waals surface area contributed by atoms with E-state index in [0.29, 0.717) is 5.92 Å². The number of hydrogen-bond acceptors (Lipinski definition) is 3. The van der Waals surface area contributed by atoms with Gasteiger partial charge < -0.3 is 15.6 Å². The van der Waals surface area contributed by atoms with Crippen LogP contribution >= 0.6 is 0 Å². The smallest absolute Gasteiger partial charge is 0.404 e. The largest absolute Gasteiger partial charge is 0.446 e. The van der Waals surface area contributed by atoms with Gasteiger partial charge in [0.05, 0.1) is 0 Å². The Morgan fingerprint density at radius 3 is 2.42 bits per heavy atom. The summed E-state index contributed by atoms with van der Waals surface area (Å²) in [6.45, 7) is 0.239. The zero-order valence-corrected chi connectivity index (χ0v) is 7.03. The van der Waals surface area contributed by atoms with Gasteiger partial charge in [-0.3, -0.25) is 0 Å². The van der Waals surface area contributed by atoms with Crippen molar-refractivity contribution in [2.24, 2.45) is 11.7 Å². The molecule has 0 aliphatic heterocycles. The topological polar surface area (TPSA) is 72.6 Å². The van der Waals surface area contributed by atoms with E-state index in [9.17, 15) is 4.79 Å². The molecule has 0 saturated heterocycles. The zero-order chi connectivity index (χ0) is 8.97. The quantitative estimate of drug-likeness (QED) is 0.643. The number of carbonyl (C=O) groups excluding carboxylic acids is 1. The molecule has 1 aliphatic rings. The van der Waals surface area contributed by atoms with Gasteiger partial charge in [0.1, 0.15) is 6.10 Å². The van der Waals surface area contributed by atoms with E-state index in [0.717, 1.165) is 25.7 Å². The fourth-order valence-corrected chi connectivity index (χ4v) is 1.60. The molecule has 0 unspecified atom stereocenters. The van der Waals surface area contributed by atoms with Crippen LogP contribution in [0.25, 0.3) is 0 Å². The average molecular weight is 173 g/mol. The summed E-state index contributed by atoms with van der Waals surface area (Å²) in [6.07, 6.45) is 2.79. The Morgan fingerprint density at radius 1 is 1.42 bits per heavy atom. The van der Waals surface area contributed by atoms with Crippen LogP contribution < -0.4 is 5.73 Å². The number of primary amides is 1. The van der Waals surface area contributed by atoms with Crippen molar-refractivity contribution in [1.29, 1.82) is 0 Å². The second-order valence-corrected chi connectivity index (χ2v) is 3.26. The van der Waals surface area contributed by atoms with E-state index in [-0.39, 0.29) is 12.7 Å². The summed E-state index contributed by atoms with van der Waals surface area (Å²) in [5.74, 6) is 0.387. The van der Waals surface area contributed by atoms with Gasteiger partial charge in [-0.05, 0) is 31.6 Å². The highest BCUT2D eigenvalue weighted by Gasteiger charge is 2.22. The van der Waals surface area contributed by atoms with Gasteiger partial charge >= 0.3 is 6.09 Å². The first-order valence-corrected chi connectivity index (χ1v) is 4.29. The molecule has 70 valence electrons. The molecule has 0 bridgehead atoms. The van der Waals surface area contributed by atoms with Crippen LogP contribution in [0.15, 0.2) is 0 Å². The van der Waals surface area contributed by atoms with Crippen molar-refractivity contribution in [1.82, 2.24) is 0 Å². The second-order valence-electron chi connectivity index (χ2n) is 3.26. The van der Waals surface area contributed by atoms with Crippen molar-refractivity contribution in [3.63, 3.8) is 0 Å². The number of ether oxygens (including phenoxy) is 1. The van der Waals surface area contributed by atoms with Crippen LogP contribution in [0.3, 0.4) is 0 Å². The highest BCUT2D eigenvalue weighted by molar-refractivity contribution is 5.64. The Bertz CT molecular complexity index is 152. The standard InChI is InChI=1S/C8H15NO3/c9-8(11)12-7-3-1-6(5-10)2-4-7/h6-7,10H,1-5H2,(H2,9,11)/t6-,7-. The third-order valence-electron chi connectivity index (χ3n) is 2.33. The lowest BCUT2D eigenvalue weighted by Gasteiger charge is -2.26. The second kappa shape index (κ2) is 4.30. The van der Waals surface area contributed by atoms with Gasteiger partial charge in [-0.2, -0.15) is 0 Å². The molecule has 4 heteroatoms.